The monoisotopic (exact) mass is 611 g/mol. The molecule has 10 heteroatoms. The summed E-state index contributed by atoms with van der Waals surface area (Å²) in [7, 11) is -4.20. The molecule has 3 rings (SSSR count). The Kier molecular flexibility index (Phi) is 11.9. The molecular formula is C32H41N3O5S2. The lowest BCUT2D eigenvalue weighted by Gasteiger charge is -2.32. The van der Waals surface area contributed by atoms with Crippen molar-refractivity contribution in [3.05, 3.63) is 83.9 Å². The van der Waals surface area contributed by atoms with Crippen molar-refractivity contribution < 1.29 is 22.7 Å². The summed E-state index contributed by atoms with van der Waals surface area (Å²) in [4.78, 5) is 29.7. The molecular weight excluding hydrogens is 571 g/mol. The predicted molar refractivity (Wildman–Crippen MR) is 169 cm³/mol. The molecule has 0 heterocycles. The lowest BCUT2D eigenvalue weighted by molar-refractivity contribution is -0.139. The normalized spacial score (nSPS) is 12.1. The molecule has 0 saturated carbocycles. The zero-order valence-electron chi connectivity index (χ0n) is 25.2. The van der Waals surface area contributed by atoms with E-state index in [1.807, 2.05) is 58.2 Å². The molecule has 8 nitrogen and oxygen atoms in total. The number of amides is 2. The third-order valence-electron chi connectivity index (χ3n) is 6.69. The number of para-hydroxylation sites is 2. The second-order valence-electron chi connectivity index (χ2n) is 10.4. The second-order valence-corrected chi connectivity index (χ2v) is 13.2. The Bertz CT molecular complexity index is 1440. The molecule has 42 heavy (non-hydrogen) atoms. The van der Waals surface area contributed by atoms with Crippen molar-refractivity contribution in [2.75, 3.05) is 30.3 Å². The van der Waals surface area contributed by atoms with Crippen LogP contribution in [0.1, 0.15) is 38.8 Å². The van der Waals surface area contributed by atoms with Crippen LogP contribution < -0.4 is 14.4 Å². The SMILES string of the molecule is CCOc1ccccc1N(CC(=O)N(Cc1ccc(C)cc1)[C@@H](C)C(=O)NCC(C)C)S(=O)(=O)c1ccc(SC)cc1. The average molecular weight is 612 g/mol. The summed E-state index contributed by atoms with van der Waals surface area (Å²) in [5, 5.41) is 2.90. The first-order chi connectivity index (χ1) is 20.0. The van der Waals surface area contributed by atoms with E-state index in [1.165, 1.54) is 28.8 Å². The average Bonchev–Trinajstić information content (AvgIpc) is 2.98. The molecule has 3 aromatic rings. The largest absolute Gasteiger partial charge is 0.492 e. The second kappa shape index (κ2) is 15.1. The van der Waals surface area contributed by atoms with Crippen molar-refractivity contribution in [2.24, 2.45) is 5.92 Å². The Morgan fingerprint density at radius 3 is 2.19 bits per heavy atom. The van der Waals surface area contributed by atoms with Crippen molar-refractivity contribution in [3.8, 4) is 5.75 Å². The lowest BCUT2D eigenvalue weighted by atomic mass is 10.1. The van der Waals surface area contributed by atoms with Gasteiger partial charge in [0.1, 0.15) is 18.3 Å². The fourth-order valence-electron chi connectivity index (χ4n) is 4.25. The van der Waals surface area contributed by atoms with Gasteiger partial charge in [-0.05, 0) is 74.9 Å². The molecule has 0 unspecified atom stereocenters. The number of carbonyl (C=O) groups excluding carboxylic acids is 2. The van der Waals surface area contributed by atoms with Crippen molar-refractivity contribution >= 4 is 39.3 Å². The molecule has 3 aromatic carbocycles. The molecule has 0 aliphatic heterocycles. The first-order valence-electron chi connectivity index (χ1n) is 14.0. The van der Waals surface area contributed by atoms with Crippen molar-refractivity contribution in [1.82, 2.24) is 10.2 Å². The predicted octanol–water partition coefficient (Wildman–Crippen LogP) is 5.50. The minimum atomic E-state index is -4.20. The van der Waals surface area contributed by atoms with Crippen molar-refractivity contribution in [3.63, 3.8) is 0 Å². The minimum Gasteiger partial charge on any atom is -0.492 e. The summed E-state index contributed by atoms with van der Waals surface area (Å²) in [5.41, 5.74) is 2.14. The quantitative estimate of drug-likeness (QED) is 0.242. The molecule has 0 saturated heterocycles. The van der Waals surface area contributed by atoms with Crippen LogP contribution in [0, 0.1) is 12.8 Å². The molecule has 0 radical (unpaired) electrons. The fourth-order valence-corrected chi connectivity index (χ4v) is 6.09. The summed E-state index contributed by atoms with van der Waals surface area (Å²) in [6.45, 7) is 9.81. The maximum Gasteiger partial charge on any atom is 0.264 e. The van der Waals surface area contributed by atoms with Gasteiger partial charge in [-0.2, -0.15) is 0 Å². The standard InChI is InChI=1S/C32H41N3O5S2/c1-7-40-30-11-9-8-10-29(30)35(42(38,39)28-18-16-27(41-6)17-19-28)22-31(36)34(21-26-14-12-24(4)13-15-26)25(5)32(37)33-20-23(2)3/h8-19,23,25H,7,20-22H2,1-6H3,(H,33,37)/t25-/m0/s1. The number of sulfonamides is 1. The van der Waals surface area contributed by atoms with Crippen molar-refractivity contribution in [2.45, 2.75) is 57.0 Å². The number of nitrogens with zero attached hydrogens (tertiary/aromatic N) is 2. The number of hydrogen-bond donors (Lipinski definition) is 1. The van der Waals surface area contributed by atoms with E-state index >= 15 is 0 Å². The smallest absolute Gasteiger partial charge is 0.264 e. The first kappa shape index (κ1) is 33.0. The molecule has 0 aliphatic rings. The van der Waals surface area contributed by atoms with Crippen LogP contribution in [-0.2, 0) is 26.2 Å². The van der Waals surface area contributed by atoms with Crippen LogP contribution in [0.15, 0.2) is 82.6 Å². The van der Waals surface area contributed by atoms with Crippen LogP contribution in [0.3, 0.4) is 0 Å². The van der Waals surface area contributed by atoms with E-state index in [-0.39, 0.29) is 29.0 Å². The number of thioether (sulfide) groups is 1. The zero-order valence-corrected chi connectivity index (χ0v) is 26.8. The van der Waals surface area contributed by atoms with Gasteiger partial charge in [-0.1, -0.05) is 55.8 Å². The van der Waals surface area contributed by atoms with E-state index < -0.39 is 28.5 Å². The van der Waals surface area contributed by atoms with E-state index in [0.29, 0.717) is 18.9 Å². The Balaban J connectivity index is 2.06. The molecule has 0 aliphatic carbocycles. The molecule has 2 amide bonds. The van der Waals surface area contributed by atoms with Gasteiger partial charge in [-0.15, -0.1) is 11.8 Å². The van der Waals surface area contributed by atoms with Crippen LogP contribution in [0.4, 0.5) is 5.69 Å². The van der Waals surface area contributed by atoms with Crippen LogP contribution in [-0.4, -0.2) is 57.1 Å². The van der Waals surface area contributed by atoms with Gasteiger partial charge in [0.15, 0.2) is 0 Å². The molecule has 1 atom stereocenters. The highest BCUT2D eigenvalue weighted by Crippen LogP contribution is 2.33. The molecule has 0 bridgehead atoms. The van der Waals surface area contributed by atoms with Crippen LogP contribution in [0.5, 0.6) is 5.75 Å². The molecule has 0 fully saturated rings. The number of carbonyl (C=O) groups is 2. The summed E-state index contributed by atoms with van der Waals surface area (Å²) < 4.78 is 35.1. The molecule has 226 valence electrons. The van der Waals surface area contributed by atoms with Gasteiger partial charge >= 0.3 is 0 Å². The summed E-state index contributed by atoms with van der Waals surface area (Å²) in [6, 6.07) is 20.1. The summed E-state index contributed by atoms with van der Waals surface area (Å²) in [5.74, 6) is -0.250. The Morgan fingerprint density at radius 2 is 1.60 bits per heavy atom. The number of aryl methyl sites for hydroxylation is 1. The number of hydrogen-bond acceptors (Lipinski definition) is 6. The lowest BCUT2D eigenvalue weighted by Crippen LogP contribution is -2.51. The maximum absolute atomic E-state index is 14.1. The zero-order chi connectivity index (χ0) is 30.9. The van der Waals surface area contributed by atoms with Crippen LogP contribution >= 0.6 is 11.8 Å². The Hall–Kier alpha value is -3.50. The highest BCUT2D eigenvalue weighted by Gasteiger charge is 2.33. The van der Waals surface area contributed by atoms with Crippen molar-refractivity contribution in [1.29, 1.82) is 0 Å². The maximum atomic E-state index is 14.1. The first-order valence-corrected chi connectivity index (χ1v) is 16.7. The van der Waals surface area contributed by atoms with Gasteiger partial charge in [-0.3, -0.25) is 13.9 Å². The summed E-state index contributed by atoms with van der Waals surface area (Å²) in [6.07, 6.45) is 1.91. The molecule has 1 N–H and O–H groups in total. The third-order valence-corrected chi connectivity index (χ3v) is 9.20. The highest BCUT2D eigenvalue weighted by molar-refractivity contribution is 7.98. The van der Waals surface area contributed by atoms with Gasteiger partial charge in [-0.25, -0.2) is 8.42 Å². The Labute approximate surface area is 254 Å². The van der Waals surface area contributed by atoms with E-state index in [9.17, 15) is 18.0 Å². The van der Waals surface area contributed by atoms with Gasteiger partial charge in [0.05, 0.1) is 17.2 Å². The molecule has 0 aromatic heterocycles. The van der Waals surface area contributed by atoms with Gasteiger partial charge in [0, 0.05) is 18.0 Å². The topological polar surface area (TPSA) is 96.0 Å². The van der Waals surface area contributed by atoms with Crippen LogP contribution in [0.2, 0.25) is 0 Å². The third kappa shape index (κ3) is 8.51. The summed E-state index contributed by atoms with van der Waals surface area (Å²) >= 11 is 1.50. The molecule has 0 spiro atoms. The fraction of sp³-hybridized carbons (Fsp3) is 0.375. The Morgan fingerprint density at radius 1 is 0.952 bits per heavy atom. The number of ether oxygens (including phenoxy) is 1. The highest BCUT2D eigenvalue weighted by atomic mass is 32.2. The van der Waals surface area contributed by atoms with Crippen LogP contribution in [0.25, 0.3) is 0 Å². The van der Waals surface area contributed by atoms with Gasteiger partial charge in [0.2, 0.25) is 11.8 Å². The number of anilines is 1. The van der Waals surface area contributed by atoms with E-state index in [4.69, 9.17) is 4.74 Å². The minimum absolute atomic E-state index is 0.0483. The van der Waals surface area contributed by atoms with E-state index in [0.717, 1.165) is 20.3 Å². The van der Waals surface area contributed by atoms with Gasteiger partial charge < -0.3 is 15.0 Å². The van der Waals surface area contributed by atoms with E-state index in [2.05, 4.69) is 5.32 Å². The number of nitrogens with one attached hydrogen (secondary N) is 1. The van der Waals surface area contributed by atoms with E-state index in [1.54, 1.807) is 43.3 Å². The number of benzene rings is 3. The van der Waals surface area contributed by atoms with Gasteiger partial charge in [0.25, 0.3) is 10.0 Å². The number of rotatable bonds is 14.